The maximum Gasteiger partial charge on any atom is 0.309 e. The molecule has 0 bridgehead atoms. The van der Waals surface area contributed by atoms with E-state index in [1.165, 1.54) is 0 Å². The molecule has 0 aliphatic carbocycles. The zero-order valence-electron chi connectivity index (χ0n) is 10.5. The second kappa shape index (κ2) is 5.58. The Labute approximate surface area is 129 Å². The standard InChI is InChI=1S/C13H12ClIN2O2/c1-7(2)6-10-13(17(18)19)11(14)8-4-3-5-9(15)12(8)16-10/h3-5,7H,6H2,1-2H3. The smallest absolute Gasteiger partial charge is 0.258 e. The highest BCUT2D eigenvalue weighted by Crippen LogP contribution is 2.36. The topological polar surface area (TPSA) is 56.0 Å². The Kier molecular flexibility index (Phi) is 4.25. The van der Waals surface area contributed by atoms with Crippen LogP contribution in [0.5, 0.6) is 0 Å². The molecule has 1 aromatic carbocycles. The SMILES string of the molecule is CC(C)Cc1nc2c(I)cccc2c(Cl)c1[N+](=O)[O-]. The Bertz CT molecular complexity index is 659. The lowest BCUT2D eigenvalue weighted by molar-refractivity contribution is -0.385. The highest BCUT2D eigenvalue weighted by Gasteiger charge is 2.24. The van der Waals surface area contributed by atoms with Crippen LogP contribution in [0, 0.1) is 19.6 Å². The molecule has 1 heterocycles. The van der Waals surface area contributed by atoms with Crippen molar-refractivity contribution in [3.63, 3.8) is 0 Å². The molecule has 0 amide bonds. The van der Waals surface area contributed by atoms with Gasteiger partial charge in [-0.25, -0.2) is 4.98 Å². The lowest BCUT2D eigenvalue weighted by Gasteiger charge is -2.10. The molecule has 19 heavy (non-hydrogen) atoms. The van der Waals surface area contributed by atoms with Crippen molar-refractivity contribution in [2.75, 3.05) is 0 Å². The van der Waals surface area contributed by atoms with E-state index in [4.69, 9.17) is 11.6 Å². The number of rotatable bonds is 3. The van der Waals surface area contributed by atoms with Crippen LogP contribution in [-0.4, -0.2) is 9.91 Å². The van der Waals surface area contributed by atoms with E-state index in [2.05, 4.69) is 27.6 Å². The first-order chi connectivity index (χ1) is 8.91. The molecule has 2 rings (SSSR count). The number of halogens is 2. The number of aromatic nitrogens is 1. The van der Waals surface area contributed by atoms with Crippen LogP contribution < -0.4 is 0 Å². The largest absolute Gasteiger partial charge is 0.309 e. The van der Waals surface area contributed by atoms with E-state index in [0.29, 0.717) is 17.5 Å². The monoisotopic (exact) mass is 390 g/mol. The molecule has 0 aliphatic heterocycles. The van der Waals surface area contributed by atoms with Crippen LogP contribution in [0.1, 0.15) is 19.5 Å². The van der Waals surface area contributed by atoms with Crippen molar-refractivity contribution >= 4 is 50.8 Å². The number of para-hydroxylation sites is 1. The zero-order valence-corrected chi connectivity index (χ0v) is 13.4. The van der Waals surface area contributed by atoms with Gasteiger partial charge in [-0.2, -0.15) is 0 Å². The van der Waals surface area contributed by atoms with Gasteiger partial charge in [0.25, 0.3) is 0 Å². The van der Waals surface area contributed by atoms with E-state index in [1.807, 2.05) is 26.0 Å². The Hall–Kier alpha value is -0.950. The van der Waals surface area contributed by atoms with Crippen molar-refractivity contribution in [1.29, 1.82) is 0 Å². The van der Waals surface area contributed by atoms with Crippen molar-refractivity contribution in [2.45, 2.75) is 20.3 Å². The molecule has 2 aromatic rings. The maximum absolute atomic E-state index is 11.2. The molecule has 100 valence electrons. The quantitative estimate of drug-likeness (QED) is 0.437. The van der Waals surface area contributed by atoms with Crippen LogP contribution in [0.4, 0.5) is 5.69 Å². The molecule has 1 aromatic heterocycles. The summed E-state index contributed by atoms with van der Waals surface area (Å²) >= 11 is 8.38. The van der Waals surface area contributed by atoms with Gasteiger partial charge in [0.1, 0.15) is 10.7 Å². The van der Waals surface area contributed by atoms with Gasteiger partial charge in [0.2, 0.25) is 0 Å². The number of hydrogen-bond acceptors (Lipinski definition) is 3. The number of nitro groups is 1. The molecule has 0 atom stereocenters. The fourth-order valence-corrected chi connectivity index (χ4v) is 2.91. The molecule has 0 aliphatic rings. The van der Waals surface area contributed by atoms with E-state index in [1.54, 1.807) is 6.07 Å². The van der Waals surface area contributed by atoms with Crippen molar-refractivity contribution in [1.82, 2.24) is 4.98 Å². The van der Waals surface area contributed by atoms with Crippen molar-refractivity contribution in [2.24, 2.45) is 5.92 Å². The van der Waals surface area contributed by atoms with Gasteiger partial charge in [0.15, 0.2) is 0 Å². The number of nitrogens with zero attached hydrogens (tertiary/aromatic N) is 2. The average molecular weight is 391 g/mol. The summed E-state index contributed by atoms with van der Waals surface area (Å²) in [6.07, 6.45) is 0.539. The van der Waals surface area contributed by atoms with Gasteiger partial charge in [-0.1, -0.05) is 37.6 Å². The summed E-state index contributed by atoms with van der Waals surface area (Å²) in [6.45, 7) is 4.00. The Balaban J connectivity index is 2.81. The molecule has 0 saturated heterocycles. The first-order valence-corrected chi connectivity index (χ1v) is 7.28. The average Bonchev–Trinajstić information content (AvgIpc) is 2.29. The molecule has 0 fully saturated rings. The Morgan fingerprint density at radius 1 is 1.47 bits per heavy atom. The molecule has 0 N–H and O–H groups in total. The van der Waals surface area contributed by atoms with Crippen LogP contribution in [0.25, 0.3) is 10.9 Å². The third kappa shape index (κ3) is 2.81. The summed E-state index contributed by atoms with van der Waals surface area (Å²) in [7, 11) is 0. The third-order valence-corrected chi connectivity index (χ3v) is 3.99. The summed E-state index contributed by atoms with van der Waals surface area (Å²) in [5.41, 5.74) is 1.13. The lowest BCUT2D eigenvalue weighted by atomic mass is 10.0. The van der Waals surface area contributed by atoms with Crippen LogP contribution in [0.2, 0.25) is 5.02 Å². The lowest BCUT2D eigenvalue weighted by Crippen LogP contribution is -2.05. The molecule has 6 heteroatoms. The van der Waals surface area contributed by atoms with Gasteiger partial charge in [0.05, 0.1) is 10.4 Å². The van der Waals surface area contributed by atoms with Gasteiger partial charge >= 0.3 is 5.69 Å². The van der Waals surface area contributed by atoms with Crippen LogP contribution in [0.3, 0.4) is 0 Å². The number of benzene rings is 1. The molecular weight excluding hydrogens is 379 g/mol. The molecule has 0 saturated carbocycles. The minimum Gasteiger partial charge on any atom is -0.258 e. The minimum atomic E-state index is -0.438. The number of hydrogen-bond donors (Lipinski definition) is 0. The second-order valence-corrected chi connectivity index (χ2v) is 6.25. The molecule has 0 radical (unpaired) electrons. The van der Waals surface area contributed by atoms with Gasteiger partial charge in [0, 0.05) is 8.96 Å². The normalized spacial score (nSPS) is 11.2. The summed E-state index contributed by atoms with van der Waals surface area (Å²) in [6, 6.07) is 5.50. The summed E-state index contributed by atoms with van der Waals surface area (Å²) in [5.74, 6) is 0.279. The van der Waals surface area contributed by atoms with Crippen LogP contribution >= 0.6 is 34.2 Å². The highest BCUT2D eigenvalue weighted by atomic mass is 127. The predicted octanol–water partition coefficient (Wildman–Crippen LogP) is 4.60. The second-order valence-electron chi connectivity index (χ2n) is 4.71. The van der Waals surface area contributed by atoms with Crippen molar-refractivity contribution < 1.29 is 4.92 Å². The number of pyridine rings is 1. The van der Waals surface area contributed by atoms with Gasteiger partial charge < -0.3 is 0 Å². The number of fused-ring (bicyclic) bond motifs is 1. The predicted molar refractivity (Wildman–Crippen MR) is 84.7 cm³/mol. The molecule has 0 spiro atoms. The summed E-state index contributed by atoms with van der Waals surface area (Å²) < 4.78 is 0.942. The van der Waals surface area contributed by atoms with Gasteiger partial charge in [-0.05, 0) is 41.0 Å². The Morgan fingerprint density at radius 3 is 2.74 bits per heavy atom. The fourth-order valence-electron chi connectivity index (χ4n) is 1.96. The van der Waals surface area contributed by atoms with Crippen LogP contribution in [-0.2, 0) is 6.42 Å². The van der Waals surface area contributed by atoms with Crippen molar-refractivity contribution in [3.05, 3.63) is 42.6 Å². The maximum atomic E-state index is 11.2. The van der Waals surface area contributed by atoms with E-state index < -0.39 is 4.92 Å². The molecular formula is C13H12ClIN2O2. The van der Waals surface area contributed by atoms with Crippen molar-refractivity contribution in [3.8, 4) is 0 Å². The summed E-state index contributed by atoms with van der Waals surface area (Å²) in [5, 5.41) is 12.0. The highest BCUT2D eigenvalue weighted by molar-refractivity contribution is 14.1. The first kappa shape index (κ1) is 14.5. The van der Waals surface area contributed by atoms with Crippen LogP contribution in [0.15, 0.2) is 18.2 Å². The fraction of sp³-hybridized carbons (Fsp3) is 0.308. The van der Waals surface area contributed by atoms with E-state index in [0.717, 1.165) is 9.09 Å². The van der Waals surface area contributed by atoms with E-state index in [-0.39, 0.29) is 16.6 Å². The van der Waals surface area contributed by atoms with Gasteiger partial charge in [-0.3, -0.25) is 10.1 Å². The molecule has 0 unspecified atom stereocenters. The zero-order chi connectivity index (χ0) is 14.2. The first-order valence-electron chi connectivity index (χ1n) is 5.82. The Morgan fingerprint density at radius 2 is 2.16 bits per heavy atom. The minimum absolute atomic E-state index is 0.0649. The summed E-state index contributed by atoms with van der Waals surface area (Å²) in [4.78, 5) is 15.3. The molecule has 4 nitrogen and oxygen atoms in total. The third-order valence-electron chi connectivity index (χ3n) is 2.74. The van der Waals surface area contributed by atoms with E-state index in [9.17, 15) is 10.1 Å². The van der Waals surface area contributed by atoms with E-state index >= 15 is 0 Å². The van der Waals surface area contributed by atoms with Gasteiger partial charge in [-0.15, -0.1) is 0 Å².